The van der Waals surface area contributed by atoms with Gasteiger partial charge in [-0.3, -0.25) is 18.6 Å². The molecule has 0 saturated heterocycles. The van der Waals surface area contributed by atoms with Gasteiger partial charge in [0, 0.05) is 12.8 Å². The minimum Gasteiger partial charge on any atom is -0.456 e. The van der Waals surface area contributed by atoms with Gasteiger partial charge in [-0.15, -0.1) is 0 Å². The summed E-state index contributed by atoms with van der Waals surface area (Å²) >= 11 is 0. The predicted octanol–water partition coefficient (Wildman–Crippen LogP) is 19.7. The Labute approximate surface area is 485 Å². The number of likely N-dealkylation sites (N-methyl/N-ethyl adjacent to an activating group) is 1. The molecule has 0 heterocycles. The largest absolute Gasteiger partial charge is 0.472 e. The summed E-state index contributed by atoms with van der Waals surface area (Å²) in [5.74, 6) is -0.588. The lowest BCUT2D eigenvalue weighted by Gasteiger charge is -2.27. The predicted molar refractivity (Wildman–Crippen MR) is 341 cm³/mol. The van der Waals surface area contributed by atoms with Gasteiger partial charge >= 0.3 is 13.8 Å². The van der Waals surface area contributed by atoms with Crippen molar-refractivity contribution in [2.75, 3.05) is 40.9 Å². The van der Waals surface area contributed by atoms with Crippen molar-refractivity contribution in [3.63, 3.8) is 0 Å². The lowest BCUT2D eigenvalue weighted by atomic mass is 10.1. The minimum absolute atomic E-state index is 0.0213. The molecule has 0 spiro atoms. The molecule has 79 heavy (non-hydrogen) atoms. The molecule has 0 rings (SSSR count). The minimum atomic E-state index is -4.47. The van der Waals surface area contributed by atoms with Crippen LogP contribution in [-0.2, 0) is 27.9 Å². The van der Waals surface area contributed by atoms with E-state index in [0.717, 1.165) is 122 Å². The van der Waals surface area contributed by atoms with Gasteiger partial charge < -0.3 is 19.4 Å². The number of carbonyl (C=O) groups excluding carboxylic acids is 2. The van der Waals surface area contributed by atoms with Gasteiger partial charge in [0.15, 0.2) is 0 Å². The van der Waals surface area contributed by atoms with Gasteiger partial charge in [0.2, 0.25) is 5.91 Å². The van der Waals surface area contributed by atoms with Gasteiger partial charge in [0.25, 0.3) is 0 Å². The molecule has 0 saturated carbocycles. The Bertz CT molecular complexity index is 1810. The zero-order valence-corrected chi connectivity index (χ0v) is 52.2. The fraction of sp³-hybridized carbons (Fsp3) is 0.652. The number of phosphoric ester groups is 1. The normalized spacial score (nSPS) is 14.6. The molecule has 0 aromatic carbocycles. The Morgan fingerprint density at radius 2 is 0.810 bits per heavy atom. The zero-order chi connectivity index (χ0) is 57.9. The van der Waals surface area contributed by atoms with E-state index < -0.39 is 20.0 Å². The number of esters is 1. The molecule has 3 atom stereocenters. The zero-order valence-electron chi connectivity index (χ0n) is 51.3. The van der Waals surface area contributed by atoms with E-state index in [4.69, 9.17) is 13.8 Å². The number of nitrogens with one attached hydrogen (secondary N) is 1. The molecule has 450 valence electrons. The van der Waals surface area contributed by atoms with Crippen molar-refractivity contribution in [1.82, 2.24) is 5.32 Å². The van der Waals surface area contributed by atoms with Gasteiger partial charge in [-0.05, 0) is 128 Å². The molecule has 10 heteroatoms. The highest BCUT2D eigenvalue weighted by molar-refractivity contribution is 7.47. The van der Waals surface area contributed by atoms with E-state index in [-0.39, 0.29) is 31.5 Å². The van der Waals surface area contributed by atoms with E-state index in [9.17, 15) is 19.0 Å². The van der Waals surface area contributed by atoms with Crippen LogP contribution in [0.5, 0.6) is 0 Å². The average Bonchev–Trinajstić information content (AvgIpc) is 3.41. The van der Waals surface area contributed by atoms with Crippen LogP contribution in [0.3, 0.4) is 0 Å². The molecule has 9 nitrogen and oxygen atoms in total. The monoisotopic (exact) mass is 1120 g/mol. The summed E-state index contributed by atoms with van der Waals surface area (Å²) in [6.45, 7) is 6.80. The number of hydrogen-bond donors (Lipinski definition) is 2. The van der Waals surface area contributed by atoms with Crippen molar-refractivity contribution < 1.29 is 37.3 Å². The number of quaternary nitrogens is 1. The highest BCUT2D eigenvalue weighted by Gasteiger charge is 2.30. The topological polar surface area (TPSA) is 111 Å². The third kappa shape index (κ3) is 58.6. The second-order valence-corrected chi connectivity index (χ2v) is 23.3. The van der Waals surface area contributed by atoms with Crippen LogP contribution < -0.4 is 5.32 Å². The first kappa shape index (κ1) is 75.2. The van der Waals surface area contributed by atoms with E-state index in [0.29, 0.717) is 30.3 Å². The lowest BCUT2D eigenvalue weighted by Crippen LogP contribution is -2.47. The van der Waals surface area contributed by atoms with E-state index >= 15 is 0 Å². The summed E-state index contributed by atoms with van der Waals surface area (Å²) in [5, 5.41) is 3.03. The first-order valence-electron chi connectivity index (χ1n) is 31.5. The maximum Gasteiger partial charge on any atom is 0.472 e. The van der Waals surface area contributed by atoms with E-state index in [1.54, 1.807) is 0 Å². The smallest absolute Gasteiger partial charge is 0.456 e. The average molecular weight is 1120 g/mol. The van der Waals surface area contributed by atoms with Gasteiger partial charge in [-0.2, -0.15) is 0 Å². The lowest BCUT2D eigenvalue weighted by molar-refractivity contribution is -0.870. The molecule has 0 aromatic rings. The van der Waals surface area contributed by atoms with Crippen LogP contribution in [0.4, 0.5) is 0 Å². The van der Waals surface area contributed by atoms with Crippen molar-refractivity contribution in [2.24, 2.45) is 0 Å². The quantitative estimate of drug-likeness (QED) is 0.0205. The van der Waals surface area contributed by atoms with Crippen LogP contribution in [0.15, 0.2) is 134 Å². The molecule has 0 aromatic heterocycles. The van der Waals surface area contributed by atoms with Crippen LogP contribution in [0.25, 0.3) is 0 Å². The van der Waals surface area contributed by atoms with Crippen molar-refractivity contribution in [1.29, 1.82) is 0 Å². The number of allylic oxidation sites excluding steroid dienone is 21. The number of hydrogen-bond acceptors (Lipinski definition) is 6. The third-order valence-corrected chi connectivity index (χ3v) is 14.1. The Balaban J connectivity index is 5.34. The first-order valence-corrected chi connectivity index (χ1v) is 33.0. The number of carbonyl (C=O) groups is 2. The van der Waals surface area contributed by atoms with Crippen molar-refractivity contribution in [3.05, 3.63) is 134 Å². The van der Waals surface area contributed by atoms with Crippen LogP contribution in [-0.4, -0.2) is 74.3 Å². The van der Waals surface area contributed by atoms with Crippen LogP contribution in [0.2, 0.25) is 0 Å². The summed E-state index contributed by atoms with van der Waals surface area (Å²) in [7, 11) is 1.44. The summed E-state index contributed by atoms with van der Waals surface area (Å²) in [6.07, 6.45) is 81.7. The fourth-order valence-electron chi connectivity index (χ4n) is 8.22. The fourth-order valence-corrected chi connectivity index (χ4v) is 8.95. The molecule has 0 fully saturated rings. The summed E-state index contributed by atoms with van der Waals surface area (Å²) in [5.41, 5.74) is 0. The van der Waals surface area contributed by atoms with Crippen molar-refractivity contribution in [3.8, 4) is 0 Å². The summed E-state index contributed by atoms with van der Waals surface area (Å²) in [4.78, 5) is 37.7. The molecule has 0 aliphatic rings. The molecule has 0 aliphatic carbocycles. The maximum atomic E-state index is 13.5. The third-order valence-electron chi connectivity index (χ3n) is 13.1. The van der Waals surface area contributed by atoms with E-state index in [2.05, 4.69) is 148 Å². The standard InChI is InChI=1S/C69H117N2O7P/c1-7-10-13-16-19-22-25-27-29-31-33-35-37-39-41-43-46-49-52-55-58-61-68(72)70-66(65-77-79(74,75)76-64-63-71(4,5)6)67(60-57-54-51-48-45-24-21-18-15-12-9-3)78-69(73)62-59-56-53-50-47-44-42-40-38-36-34-32-30-28-26-23-20-17-14-11-8-2/h11,14,19-20,22-23,27-30,33-36,39-42,47,50,57,60,66-67H,7-10,12-13,15-18,21,24-26,31-32,37-38,43-46,48-49,51-56,58-59,61-65H2,1-6H3,(H-,70,72,74,75)/p+1/b14-11-,22-19-,23-20-,29-27-,30-28-,35-33-,36-34-,41-39-,42-40-,50-47-,60-57+. The molecule has 2 N–H and O–H groups in total. The van der Waals surface area contributed by atoms with Crippen molar-refractivity contribution in [2.45, 2.75) is 251 Å². The molecule has 1 amide bonds. The number of rotatable bonds is 55. The van der Waals surface area contributed by atoms with Gasteiger partial charge in [-0.25, -0.2) is 4.57 Å². The molecule has 0 radical (unpaired) electrons. The number of phosphoric acid groups is 1. The molecule has 0 bridgehead atoms. The number of amides is 1. The summed E-state index contributed by atoms with van der Waals surface area (Å²) < 4.78 is 30.6. The maximum absolute atomic E-state index is 13.5. The van der Waals surface area contributed by atoms with Crippen LogP contribution in [0, 0.1) is 0 Å². The second-order valence-electron chi connectivity index (χ2n) is 21.8. The SMILES string of the molecule is CC/C=C\C/C=C\C/C=C\C/C=C\C/C=C\C/C=C\CCCCC(=O)OC(/C=C/CCCCCCCCCCC)C(COP(=O)(O)OCC[N+](C)(C)C)NC(=O)CCCCCCC/C=C\C/C=C\C/C=C\C/C=C\CCCCC. The van der Waals surface area contributed by atoms with E-state index in [1.807, 2.05) is 33.3 Å². The second kappa shape index (κ2) is 57.4. The highest BCUT2D eigenvalue weighted by Crippen LogP contribution is 2.43. The molecular formula is C69H118N2O7P+. The molecule has 0 aliphatic heterocycles. The van der Waals surface area contributed by atoms with Gasteiger partial charge in [0.05, 0.1) is 33.8 Å². The highest BCUT2D eigenvalue weighted by atomic mass is 31.2. The van der Waals surface area contributed by atoms with Crippen LogP contribution in [0.1, 0.15) is 239 Å². The Hall–Kier alpha value is -3.85. The summed E-state index contributed by atoms with van der Waals surface area (Å²) in [6, 6.07) is -0.886. The molecule has 3 unspecified atom stereocenters. The number of unbranched alkanes of at least 4 members (excludes halogenated alkanes) is 19. The van der Waals surface area contributed by atoms with Crippen LogP contribution >= 0.6 is 7.82 Å². The Morgan fingerprint density at radius 3 is 1.25 bits per heavy atom. The number of nitrogens with zero attached hydrogens (tertiary/aromatic N) is 1. The molecular weight excluding hydrogens is 1000 g/mol. The first-order chi connectivity index (χ1) is 38.4. The van der Waals surface area contributed by atoms with Gasteiger partial charge in [0.1, 0.15) is 19.3 Å². The van der Waals surface area contributed by atoms with E-state index in [1.165, 1.54) is 70.6 Å². The Kier molecular flexibility index (Phi) is 54.6. The Morgan fingerprint density at radius 1 is 0.456 bits per heavy atom. The number of ether oxygens (including phenoxy) is 1. The van der Waals surface area contributed by atoms with Gasteiger partial charge in [-0.1, -0.05) is 232 Å². The van der Waals surface area contributed by atoms with Crippen molar-refractivity contribution >= 4 is 19.7 Å².